The average molecular weight is 205 g/mol. The van der Waals surface area contributed by atoms with Crippen LogP contribution in [0, 0.1) is 0 Å². The molecule has 1 aliphatic rings. The maximum Gasteiger partial charge on any atom is 0.298 e. The summed E-state index contributed by atoms with van der Waals surface area (Å²) in [5.74, 6) is 0.603. The second-order valence-corrected chi connectivity index (χ2v) is 3.76. The van der Waals surface area contributed by atoms with E-state index in [1.807, 2.05) is 24.3 Å². The van der Waals surface area contributed by atoms with Crippen molar-refractivity contribution in [2.24, 2.45) is 0 Å². The third kappa shape index (κ3) is 2.49. The van der Waals surface area contributed by atoms with Gasteiger partial charge in [-0.2, -0.15) is 0 Å². The van der Waals surface area contributed by atoms with Gasteiger partial charge in [0, 0.05) is 18.8 Å². The number of carbonyl (C=O) groups is 1. The Hall–Kier alpha value is -1.51. The first-order valence-electron chi connectivity index (χ1n) is 5.35. The van der Waals surface area contributed by atoms with Gasteiger partial charge in [0.25, 0.3) is 6.47 Å². The molecule has 2 rings (SSSR count). The van der Waals surface area contributed by atoms with E-state index in [4.69, 9.17) is 4.74 Å². The van der Waals surface area contributed by atoms with Crippen molar-refractivity contribution < 1.29 is 9.53 Å². The summed E-state index contributed by atoms with van der Waals surface area (Å²) >= 11 is 0. The fourth-order valence-electron chi connectivity index (χ4n) is 1.94. The maximum atomic E-state index is 10.1. The molecule has 0 aliphatic carbocycles. The lowest BCUT2D eigenvalue weighted by Gasteiger charge is -2.28. The molecule has 1 aromatic rings. The Morgan fingerprint density at radius 2 is 1.73 bits per heavy atom. The highest BCUT2D eigenvalue weighted by molar-refractivity contribution is 5.52. The fraction of sp³-hybridized carbons (Fsp3) is 0.417. The Morgan fingerprint density at radius 3 is 2.33 bits per heavy atom. The molecule has 1 aromatic carbocycles. The second kappa shape index (κ2) is 4.82. The Kier molecular flexibility index (Phi) is 3.22. The minimum Gasteiger partial charge on any atom is -0.429 e. The van der Waals surface area contributed by atoms with Gasteiger partial charge in [0.1, 0.15) is 5.75 Å². The van der Waals surface area contributed by atoms with E-state index in [1.165, 1.54) is 24.9 Å². The van der Waals surface area contributed by atoms with Crippen molar-refractivity contribution in [3.63, 3.8) is 0 Å². The third-order valence-corrected chi connectivity index (χ3v) is 2.74. The van der Waals surface area contributed by atoms with E-state index >= 15 is 0 Å². The predicted molar refractivity (Wildman–Crippen MR) is 59.2 cm³/mol. The van der Waals surface area contributed by atoms with E-state index in [-0.39, 0.29) is 0 Å². The lowest BCUT2D eigenvalue weighted by atomic mass is 10.1. The SMILES string of the molecule is O=COc1ccc(N2CCCCC2)cc1. The zero-order chi connectivity index (χ0) is 10.5. The molecule has 0 bridgehead atoms. The first kappa shape index (κ1) is 10.0. The van der Waals surface area contributed by atoms with E-state index < -0.39 is 0 Å². The number of benzene rings is 1. The Bertz CT molecular complexity index is 315. The monoisotopic (exact) mass is 205 g/mol. The van der Waals surface area contributed by atoms with Crippen molar-refractivity contribution in [3.05, 3.63) is 24.3 Å². The molecule has 0 radical (unpaired) electrons. The second-order valence-electron chi connectivity index (χ2n) is 3.76. The van der Waals surface area contributed by atoms with Crippen LogP contribution in [0.15, 0.2) is 24.3 Å². The van der Waals surface area contributed by atoms with Gasteiger partial charge in [-0.15, -0.1) is 0 Å². The van der Waals surface area contributed by atoms with Crippen LogP contribution in [0.25, 0.3) is 0 Å². The summed E-state index contributed by atoms with van der Waals surface area (Å²) in [6.45, 7) is 2.72. The smallest absolute Gasteiger partial charge is 0.298 e. The van der Waals surface area contributed by atoms with Gasteiger partial charge in [0.05, 0.1) is 0 Å². The molecule has 3 nitrogen and oxygen atoms in total. The molecule has 1 saturated heterocycles. The molecule has 1 heterocycles. The summed E-state index contributed by atoms with van der Waals surface area (Å²) in [5, 5.41) is 0. The highest BCUT2D eigenvalue weighted by atomic mass is 16.5. The maximum absolute atomic E-state index is 10.1. The molecule has 0 spiro atoms. The van der Waals surface area contributed by atoms with Gasteiger partial charge in [0.15, 0.2) is 0 Å². The highest BCUT2D eigenvalue weighted by Gasteiger charge is 2.10. The van der Waals surface area contributed by atoms with Crippen LogP contribution in [0.1, 0.15) is 19.3 Å². The van der Waals surface area contributed by atoms with Gasteiger partial charge in [-0.3, -0.25) is 4.79 Å². The molecule has 0 saturated carbocycles. The molecular weight excluding hydrogens is 190 g/mol. The van der Waals surface area contributed by atoms with Gasteiger partial charge in [-0.05, 0) is 43.5 Å². The Morgan fingerprint density at radius 1 is 1.07 bits per heavy atom. The van der Waals surface area contributed by atoms with Gasteiger partial charge < -0.3 is 9.64 Å². The van der Waals surface area contributed by atoms with Crippen LogP contribution in [0.4, 0.5) is 5.69 Å². The number of hydrogen-bond acceptors (Lipinski definition) is 3. The van der Waals surface area contributed by atoms with E-state index in [1.54, 1.807) is 0 Å². The van der Waals surface area contributed by atoms with Crippen molar-refractivity contribution in [2.75, 3.05) is 18.0 Å². The zero-order valence-electron chi connectivity index (χ0n) is 8.69. The number of ether oxygens (including phenoxy) is 1. The van der Waals surface area contributed by atoms with Crippen molar-refractivity contribution in [2.45, 2.75) is 19.3 Å². The van der Waals surface area contributed by atoms with Crippen molar-refractivity contribution >= 4 is 12.2 Å². The third-order valence-electron chi connectivity index (χ3n) is 2.74. The number of piperidine rings is 1. The molecule has 0 atom stereocenters. The van der Waals surface area contributed by atoms with Crippen LogP contribution in [0.2, 0.25) is 0 Å². The number of nitrogens with zero attached hydrogens (tertiary/aromatic N) is 1. The van der Waals surface area contributed by atoms with Crippen LogP contribution in [0.5, 0.6) is 5.75 Å². The van der Waals surface area contributed by atoms with Gasteiger partial charge in [-0.25, -0.2) is 0 Å². The lowest BCUT2D eigenvalue weighted by Crippen LogP contribution is -2.29. The van der Waals surface area contributed by atoms with E-state index in [2.05, 4.69) is 4.90 Å². The van der Waals surface area contributed by atoms with Crippen LogP contribution in [-0.2, 0) is 4.79 Å². The molecule has 0 amide bonds. The number of carbonyl (C=O) groups excluding carboxylic acids is 1. The molecule has 1 aliphatic heterocycles. The van der Waals surface area contributed by atoms with Gasteiger partial charge in [-0.1, -0.05) is 0 Å². The van der Waals surface area contributed by atoms with Crippen molar-refractivity contribution in [3.8, 4) is 5.75 Å². The quantitative estimate of drug-likeness (QED) is 0.708. The van der Waals surface area contributed by atoms with E-state index in [0.29, 0.717) is 12.2 Å². The first-order chi connectivity index (χ1) is 7.40. The minimum absolute atomic E-state index is 0.454. The molecular formula is C12H15NO2. The van der Waals surface area contributed by atoms with Crippen LogP contribution in [-0.4, -0.2) is 19.6 Å². The molecule has 3 heteroatoms. The minimum atomic E-state index is 0.454. The summed E-state index contributed by atoms with van der Waals surface area (Å²) in [6.07, 6.45) is 3.88. The Balaban J connectivity index is 2.04. The molecule has 0 N–H and O–H groups in total. The molecule has 15 heavy (non-hydrogen) atoms. The van der Waals surface area contributed by atoms with Gasteiger partial charge >= 0.3 is 0 Å². The molecule has 1 fully saturated rings. The first-order valence-corrected chi connectivity index (χ1v) is 5.35. The van der Waals surface area contributed by atoms with Crippen LogP contribution >= 0.6 is 0 Å². The van der Waals surface area contributed by atoms with Crippen molar-refractivity contribution in [1.29, 1.82) is 0 Å². The van der Waals surface area contributed by atoms with E-state index in [0.717, 1.165) is 13.1 Å². The largest absolute Gasteiger partial charge is 0.429 e. The summed E-state index contributed by atoms with van der Waals surface area (Å²) in [4.78, 5) is 12.5. The predicted octanol–water partition coefficient (Wildman–Crippen LogP) is 2.21. The zero-order valence-corrected chi connectivity index (χ0v) is 8.69. The van der Waals surface area contributed by atoms with E-state index in [9.17, 15) is 4.79 Å². The standard InChI is InChI=1S/C12H15NO2/c14-10-15-12-6-4-11(5-7-12)13-8-2-1-3-9-13/h4-7,10H,1-3,8-9H2. The van der Waals surface area contributed by atoms with Gasteiger partial charge in [0.2, 0.25) is 0 Å². The summed E-state index contributed by atoms with van der Waals surface area (Å²) in [6, 6.07) is 7.67. The molecule has 0 unspecified atom stereocenters. The summed E-state index contributed by atoms with van der Waals surface area (Å²) in [5.41, 5.74) is 1.22. The van der Waals surface area contributed by atoms with Crippen LogP contribution in [0.3, 0.4) is 0 Å². The lowest BCUT2D eigenvalue weighted by molar-refractivity contribution is -0.120. The topological polar surface area (TPSA) is 29.5 Å². The molecule has 80 valence electrons. The number of anilines is 1. The fourth-order valence-corrected chi connectivity index (χ4v) is 1.94. The Labute approximate surface area is 89.7 Å². The number of hydrogen-bond donors (Lipinski definition) is 0. The number of rotatable bonds is 3. The summed E-state index contributed by atoms with van der Waals surface area (Å²) < 4.78 is 4.75. The average Bonchev–Trinajstić information content (AvgIpc) is 2.32. The van der Waals surface area contributed by atoms with Crippen LogP contribution < -0.4 is 9.64 Å². The highest BCUT2D eigenvalue weighted by Crippen LogP contribution is 2.22. The summed E-state index contributed by atoms with van der Waals surface area (Å²) in [7, 11) is 0. The van der Waals surface area contributed by atoms with Crippen molar-refractivity contribution in [1.82, 2.24) is 0 Å². The normalized spacial score (nSPS) is 16.1. The molecule has 0 aromatic heterocycles.